The summed E-state index contributed by atoms with van der Waals surface area (Å²) < 4.78 is 0. The van der Waals surface area contributed by atoms with Crippen molar-refractivity contribution in [3.05, 3.63) is 22.4 Å². The molecule has 2 aliphatic rings. The van der Waals surface area contributed by atoms with Crippen LogP contribution in [0.3, 0.4) is 0 Å². The molecule has 152 valence electrons. The lowest BCUT2D eigenvalue weighted by Crippen LogP contribution is -2.56. The van der Waals surface area contributed by atoms with E-state index in [1.165, 1.54) is 4.88 Å². The first kappa shape index (κ1) is 20.8. The van der Waals surface area contributed by atoms with Crippen molar-refractivity contribution < 1.29 is 9.90 Å². The van der Waals surface area contributed by atoms with Crippen LogP contribution in [0, 0.1) is 5.92 Å². The Labute approximate surface area is 167 Å². The molecular weight excluding hydrogens is 358 g/mol. The average Bonchev–Trinajstić information content (AvgIpc) is 3.20. The maximum absolute atomic E-state index is 12.7. The summed E-state index contributed by atoms with van der Waals surface area (Å²) in [5.74, 6) is 0.813. The third-order valence-corrected chi connectivity index (χ3v) is 7.12. The number of hydrogen-bond acceptors (Lipinski definition) is 5. The predicted octanol–water partition coefficient (Wildman–Crippen LogP) is 2.31. The lowest BCUT2D eigenvalue weighted by Gasteiger charge is -2.46. The molecule has 3 heterocycles. The molecule has 0 aromatic carbocycles. The van der Waals surface area contributed by atoms with Gasteiger partial charge in [-0.25, -0.2) is 0 Å². The van der Waals surface area contributed by atoms with Gasteiger partial charge in [-0.3, -0.25) is 9.69 Å². The number of carbonyl (C=O) groups excluding carboxylic acids is 1. The van der Waals surface area contributed by atoms with Crippen LogP contribution in [0.2, 0.25) is 0 Å². The molecule has 2 atom stereocenters. The number of thiophene rings is 1. The Morgan fingerprint density at radius 1 is 1.22 bits per heavy atom. The van der Waals surface area contributed by atoms with Crippen LogP contribution < -0.4 is 0 Å². The first-order valence-electron chi connectivity index (χ1n) is 10.5. The Bertz CT molecular complexity index is 558. The van der Waals surface area contributed by atoms with E-state index in [0.717, 1.165) is 71.4 Å². The molecule has 2 saturated heterocycles. The molecule has 1 aromatic heterocycles. The van der Waals surface area contributed by atoms with E-state index in [2.05, 4.69) is 39.3 Å². The second kappa shape index (κ2) is 10.6. The number of piperidine rings is 1. The molecule has 0 spiro atoms. The molecule has 3 rings (SSSR count). The van der Waals surface area contributed by atoms with E-state index in [1.54, 1.807) is 11.3 Å². The SMILES string of the molecule is CN1CCN([C@@H]2CCN(C(=O)CCCc3cccs3)C[C@@H]2CCCO)CC1. The highest BCUT2D eigenvalue weighted by atomic mass is 32.1. The monoisotopic (exact) mass is 393 g/mol. The van der Waals surface area contributed by atoms with Crippen LogP contribution in [0.5, 0.6) is 0 Å². The van der Waals surface area contributed by atoms with Gasteiger partial charge in [0.25, 0.3) is 0 Å². The molecule has 5 nitrogen and oxygen atoms in total. The number of carbonyl (C=O) groups is 1. The van der Waals surface area contributed by atoms with Gasteiger partial charge in [-0.1, -0.05) is 6.07 Å². The van der Waals surface area contributed by atoms with Crippen molar-refractivity contribution in [2.75, 3.05) is 52.9 Å². The molecule has 2 aliphatic heterocycles. The number of piperazine rings is 1. The summed E-state index contributed by atoms with van der Waals surface area (Å²) in [6.45, 7) is 6.54. The van der Waals surface area contributed by atoms with Crippen molar-refractivity contribution in [1.29, 1.82) is 0 Å². The third-order valence-electron chi connectivity index (χ3n) is 6.18. The van der Waals surface area contributed by atoms with Crippen LogP contribution in [-0.4, -0.2) is 84.7 Å². The van der Waals surface area contributed by atoms with Crippen LogP contribution in [0.4, 0.5) is 0 Å². The van der Waals surface area contributed by atoms with Crippen molar-refractivity contribution in [2.45, 2.75) is 44.6 Å². The molecule has 2 fully saturated rings. The first-order valence-corrected chi connectivity index (χ1v) is 11.4. The Balaban J connectivity index is 1.50. The minimum atomic E-state index is 0.251. The minimum absolute atomic E-state index is 0.251. The fourth-order valence-corrected chi connectivity index (χ4v) is 5.30. The summed E-state index contributed by atoms with van der Waals surface area (Å²) in [5, 5.41) is 11.4. The second-order valence-corrected chi connectivity index (χ2v) is 9.13. The predicted molar refractivity (Wildman–Crippen MR) is 111 cm³/mol. The van der Waals surface area contributed by atoms with E-state index >= 15 is 0 Å². The Morgan fingerprint density at radius 3 is 2.74 bits per heavy atom. The minimum Gasteiger partial charge on any atom is -0.396 e. The summed E-state index contributed by atoms with van der Waals surface area (Å²) in [6.07, 6.45) is 5.55. The topological polar surface area (TPSA) is 47.0 Å². The quantitative estimate of drug-likeness (QED) is 0.736. The highest BCUT2D eigenvalue weighted by Gasteiger charge is 2.35. The zero-order valence-electron chi connectivity index (χ0n) is 16.7. The summed E-state index contributed by atoms with van der Waals surface area (Å²) in [6, 6.07) is 4.80. The number of aryl methyl sites for hydroxylation is 1. The summed E-state index contributed by atoms with van der Waals surface area (Å²) in [4.78, 5) is 21.2. The Morgan fingerprint density at radius 2 is 2.04 bits per heavy atom. The standard InChI is InChI=1S/C21H35N3O2S/c1-22-11-13-23(14-12-22)20-9-10-24(17-18(20)5-3-15-25)21(26)8-2-6-19-7-4-16-27-19/h4,7,16,18,20,25H,2-3,5-6,8-15,17H2,1H3/t18-,20+/m0/s1. The smallest absolute Gasteiger partial charge is 0.222 e. The molecule has 0 unspecified atom stereocenters. The molecule has 0 radical (unpaired) electrons. The van der Waals surface area contributed by atoms with Gasteiger partial charge in [0.05, 0.1) is 0 Å². The van der Waals surface area contributed by atoms with Gasteiger partial charge in [0.15, 0.2) is 0 Å². The van der Waals surface area contributed by atoms with Gasteiger partial charge < -0.3 is 14.9 Å². The number of aliphatic hydroxyl groups excluding tert-OH is 1. The number of hydrogen-bond donors (Lipinski definition) is 1. The van der Waals surface area contributed by atoms with E-state index in [9.17, 15) is 9.90 Å². The number of likely N-dealkylation sites (N-methyl/N-ethyl adjacent to an activating group) is 1. The van der Waals surface area contributed by atoms with Crippen molar-refractivity contribution >= 4 is 17.2 Å². The molecular formula is C21H35N3O2S. The molecule has 0 saturated carbocycles. The number of amides is 1. The van der Waals surface area contributed by atoms with Crippen LogP contribution in [-0.2, 0) is 11.2 Å². The Kier molecular flexibility index (Phi) is 8.12. The number of nitrogens with zero attached hydrogens (tertiary/aromatic N) is 3. The maximum Gasteiger partial charge on any atom is 0.222 e. The van der Waals surface area contributed by atoms with E-state index in [-0.39, 0.29) is 6.61 Å². The third kappa shape index (κ3) is 6.01. The van der Waals surface area contributed by atoms with Gasteiger partial charge in [-0.15, -0.1) is 11.3 Å². The normalized spacial score (nSPS) is 25.0. The lowest BCUT2D eigenvalue weighted by molar-refractivity contribution is -0.134. The zero-order valence-corrected chi connectivity index (χ0v) is 17.5. The second-order valence-electron chi connectivity index (χ2n) is 8.09. The van der Waals surface area contributed by atoms with E-state index in [0.29, 0.717) is 24.3 Å². The van der Waals surface area contributed by atoms with Gasteiger partial charge >= 0.3 is 0 Å². The molecule has 6 heteroatoms. The highest BCUT2D eigenvalue weighted by Crippen LogP contribution is 2.27. The molecule has 1 aromatic rings. The number of aliphatic hydroxyl groups is 1. The molecule has 1 amide bonds. The fourth-order valence-electron chi connectivity index (χ4n) is 4.54. The number of rotatable bonds is 8. The Hall–Kier alpha value is -0.950. The van der Waals surface area contributed by atoms with Crippen LogP contribution in [0.1, 0.15) is 37.0 Å². The zero-order chi connectivity index (χ0) is 19.1. The maximum atomic E-state index is 12.7. The van der Waals surface area contributed by atoms with Gasteiger partial charge in [-0.05, 0) is 56.5 Å². The summed E-state index contributed by atoms with van der Waals surface area (Å²) >= 11 is 1.78. The van der Waals surface area contributed by atoms with Crippen molar-refractivity contribution in [3.8, 4) is 0 Å². The molecule has 0 bridgehead atoms. The molecule has 0 aliphatic carbocycles. The van der Waals surface area contributed by atoms with Crippen molar-refractivity contribution in [3.63, 3.8) is 0 Å². The van der Waals surface area contributed by atoms with E-state index in [4.69, 9.17) is 0 Å². The first-order chi connectivity index (χ1) is 13.2. The van der Waals surface area contributed by atoms with Crippen LogP contribution >= 0.6 is 11.3 Å². The van der Waals surface area contributed by atoms with Crippen LogP contribution in [0.25, 0.3) is 0 Å². The van der Waals surface area contributed by atoms with Crippen molar-refractivity contribution in [1.82, 2.24) is 14.7 Å². The average molecular weight is 394 g/mol. The van der Waals surface area contributed by atoms with Crippen molar-refractivity contribution in [2.24, 2.45) is 5.92 Å². The molecule has 27 heavy (non-hydrogen) atoms. The fraction of sp³-hybridized carbons (Fsp3) is 0.762. The van der Waals surface area contributed by atoms with E-state index in [1.807, 2.05) is 0 Å². The summed E-state index contributed by atoms with van der Waals surface area (Å²) in [7, 11) is 2.19. The highest BCUT2D eigenvalue weighted by molar-refractivity contribution is 7.09. The van der Waals surface area contributed by atoms with Gasteiger partial charge in [0, 0.05) is 63.2 Å². The molecule has 1 N–H and O–H groups in total. The number of likely N-dealkylation sites (tertiary alicyclic amines) is 1. The van der Waals surface area contributed by atoms with Gasteiger partial charge in [-0.2, -0.15) is 0 Å². The lowest BCUT2D eigenvalue weighted by atomic mass is 9.86. The van der Waals surface area contributed by atoms with Gasteiger partial charge in [0.2, 0.25) is 5.91 Å². The van der Waals surface area contributed by atoms with E-state index < -0.39 is 0 Å². The largest absolute Gasteiger partial charge is 0.396 e. The summed E-state index contributed by atoms with van der Waals surface area (Å²) in [5.41, 5.74) is 0. The van der Waals surface area contributed by atoms with Crippen LogP contribution in [0.15, 0.2) is 17.5 Å². The van der Waals surface area contributed by atoms with Gasteiger partial charge in [0.1, 0.15) is 0 Å².